The zero-order valence-electron chi connectivity index (χ0n) is 34.3. The van der Waals surface area contributed by atoms with Gasteiger partial charge in [0.05, 0.1) is 11.4 Å². The number of carbonyl (C=O) groups is 1. The van der Waals surface area contributed by atoms with Crippen LogP contribution in [0.1, 0.15) is 120 Å². The molecule has 3 aromatic carbocycles. The molecule has 0 aliphatic rings. The predicted octanol–water partition coefficient (Wildman–Crippen LogP) is 11.2. The Morgan fingerprint density at radius 2 is 1.51 bits per heavy atom. The van der Waals surface area contributed by atoms with Gasteiger partial charge in [-0.2, -0.15) is 10.4 Å². The molecule has 2 N–H and O–H groups in total. The number of carbonyl (C=O) groups excluding carboxylic acids is 1. The van der Waals surface area contributed by atoms with Gasteiger partial charge < -0.3 is 29.4 Å². The first-order valence-electron chi connectivity index (χ1n) is 20.3. The fourth-order valence-corrected chi connectivity index (χ4v) is 6.50. The number of aromatic nitrogens is 1. The Bertz CT molecular complexity index is 2020. The van der Waals surface area contributed by atoms with Crippen LogP contribution in [0.5, 0.6) is 17.4 Å². The smallest absolute Gasteiger partial charge is 0.271 e. The molecule has 0 aliphatic carbocycles. The van der Waals surface area contributed by atoms with E-state index in [1.165, 1.54) is 71.3 Å². The predicted molar refractivity (Wildman–Crippen MR) is 224 cm³/mol. The van der Waals surface area contributed by atoms with Crippen molar-refractivity contribution in [3.05, 3.63) is 81.6 Å². The minimum atomic E-state index is -0.601. The quantitative estimate of drug-likeness (QED) is 0.0382. The van der Waals surface area contributed by atoms with Gasteiger partial charge in [-0.3, -0.25) is 14.2 Å². The number of benzene rings is 3. The second-order valence-corrected chi connectivity index (χ2v) is 14.4. The highest BCUT2D eigenvalue weighted by Crippen LogP contribution is 2.41. The number of fused-ring (bicyclic) bond motifs is 1. The van der Waals surface area contributed by atoms with Crippen LogP contribution in [0.3, 0.4) is 0 Å². The number of ether oxygens (including phenoxy) is 4. The van der Waals surface area contributed by atoms with Crippen LogP contribution in [0, 0.1) is 18.3 Å². The fraction of sp³-hybridized carbons (Fsp3) is 0.489. The van der Waals surface area contributed by atoms with Crippen molar-refractivity contribution in [2.24, 2.45) is 17.3 Å². The van der Waals surface area contributed by atoms with Gasteiger partial charge in [0, 0.05) is 43.0 Å². The molecule has 0 saturated heterocycles. The average Bonchev–Trinajstić information content (AvgIpc) is 3.22. The molecule has 0 spiro atoms. The van der Waals surface area contributed by atoms with Gasteiger partial charge in [0.25, 0.3) is 5.56 Å². The second kappa shape index (κ2) is 23.7. The van der Waals surface area contributed by atoms with Gasteiger partial charge in [-0.25, -0.2) is 0 Å². The van der Waals surface area contributed by atoms with E-state index >= 15 is 0 Å². The van der Waals surface area contributed by atoms with Gasteiger partial charge in [0.15, 0.2) is 24.5 Å². The van der Waals surface area contributed by atoms with E-state index in [4.69, 9.17) is 18.9 Å². The largest absolute Gasteiger partial charge is 0.493 e. The molecule has 4 aromatic rings. The highest BCUT2D eigenvalue weighted by atomic mass is 16.7. The summed E-state index contributed by atoms with van der Waals surface area (Å²) in [6, 6.07) is 18.5. The number of pyridine rings is 1. The Balaban J connectivity index is 1.40. The summed E-state index contributed by atoms with van der Waals surface area (Å²) >= 11 is 0. The molecule has 0 fully saturated rings. The van der Waals surface area contributed by atoms with Crippen LogP contribution in [0.4, 0.5) is 17.1 Å². The SMILES string of the molecule is CCCCCCCCCCCCCCCC(=O)Nc1cc(OCc2ccc(N=Nc3c(C)c(C#N)c(=O)n(C)c3O)cc2)c2ccccc2c1OCOC(C)OC. The first-order valence-corrected chi connectivity index (χ1v) is 20.3. The number of azo groups is 1. The molecule has 0 radical (unpaired) electrons. The number of amides is 1. The van der Waals surface area contributed by atoms with Crippen LogP contribution in [0.15, 0.2) is 69.6 Å². The highest BCUT2D eigenvalue weighted by molar-refractivity contribution is 6.02. The van der Waals surface area contributed by atoms with Crippen molar-refractivity contribution in [3.63, 3.8) is 0 Å². The van der Waals surface area contributed by atoms with E-state index in [-0.39, 0.29) is 42.0 Å². The summed E-state index contributed by atoms with van der Waals surface area (Å²) in [5, 5.41) is 32.9. The number of unbranched alkanes of at least 4 members (excludes halogenated alkanes) is 12. The van der Waals surface area contributed by atoms with Crippen LogP contribution in [-0.2, 0) is 27.9 Å². The lowest BCUT2D eigenvalue weighted by Crippen LogP contribution is -2.20. The molecule has 1 unspecified atom stereocenters. The summed E-state index contributed by atoms with van der Waals surface area (Å²) in [6.45, 7) is 5.71. The molecule has 0 saturated carbocycles. The molecule has 1 aromatic heterocycles. The Labute approximate surface area is 336 Å². The first kappa shape index (κ1) is 44.5. The van der Waals surface area contributed by atoms with Gasteiger partial charge in [0.2, 0.25) is 11.8 Å². The lowest BCUT2D eigenvalue weighted by atomic mass is 10.0. The number of hydrogen-bond acceptors (Lipinski definition) is 10. The Morgan fingerprint density at radius 3 is 2.12 bits per heavy atom. The van der Waals surface area contributed by atoms with E-state index in [2.05, 4.69) is 22.5 Å². The van der Waals surface area contributed by atoms with Crippen LogP contribution >= 0.6 is 0 Å². The van der Waals surface area contributed by atoms with E-state index in [1.54, 1.807) is 39.2 Å². The third-order valence-electron chi connectivity index (χ3n) is 10.1. The van der Waals surface area contributed by atoms with Crippen LogP contribution < -0.4 is 20.3 Å². The fourth-order valence-electron chi connectivity index (χ4n) is 6.50. The molecule has 0 bridgehead atoms. The lowest BCUT2D eigenvalue weighted by Gasteiger charge is -2.19. The zero-order chi connectivity index (χ0) is 41.0. The molecule has 12 heteroatoms. The van der Waals surface area contributed by atoms with Crippen molar-refractivity contribution in [2.75, 3.05) is 19.2 Å². The minimum absolute atomic E-state index is 0.0485. The normalized spacial score (nSPS) is 11.9. The van der Waals surface area contributed by atoms with E-state index in [0.29, 0.717) is 29.3 Å². The van der Waals surface area contributed by atoms with Gasteiger partial charge >= 0.3 is 0 Å². The van der Waals surface area contributed by atoms with Crippen molar-refractivity contribution in [1.82, 2.24) is 4.57 Å². The number of methoxy groups -OCH3 is 1. The lowest BCUT2D eigenvalue weighted by molar-refractivity contribution is -0.149. The number of rotatable bonds is 25. The third kappa shape index (κ3) is 13.4. The van der Waals surface area contributed by atoms with Crippen molar-refractivity contribution in [3.8, 4) is 23.4 Å². The van der Waals surface area contributed by atoms with Crippen molar-refractivity contribution in [2.45, 2.75) is 124 Å². The Kier molecular flexibility index (Phi) is 18.5. The summed E-state index contributed by atoms with van der Waals surface area (Å²) in [7, 11) is 2.92. The van der Waals surface area contributed by atoms with Crippen LogP contribution in [0.25, 0.3) is 10.8 Å². The summed E-state index contributed by atoms with van der Waals surface area (Å²) in [6.07, 6.45) is 16.1. The molecular formula is C45H59N5O7. The van der Waals surface area contributed by atoms with E-state index in [0.717, 1.165) is 40.2 Å². The Hall–Kier alpha value is -5.25. The number of aromatic hydroxyl groups is 1. The maximum absolute atomic E-state index is 13.3. The van der Waals surface area contributed by atoms with E-state index in [9.17, 15) is 20.0 Å². The summed E-state index contributed by atoms with van der Waals surface area (Å²) in [5.41, 5.74) is 1.43. The number of hydrogen-bond donors (Lipinski definition) is 2. The molecule has 4 rings (SSSR count). The summed E-state index contributed by atoms with van der Waals surface area (Å²) in [4.78, 5) is 25.6. The molecule has 306 valence electrons. The number of nitrogens with zero attached hydrogens (tertiary/aromatic N) is 4. The molecule has 1 atom stereocenters. The average molecular weight is 782 g/mol. The molecule has 57 heavy (non-hydrogen) atoms. The van der Waals surface area contributed by atoms with Gasteiger partial charge in [-0.05, 0) is 38.0 Å². The number of nitriles is 1. The monoisotopic (exact) mass is 781 g/mol. The highest BCUT2D eigenvalue weighted by Gasteiger charge is 2.19. The minimum Gasteiger partial charge on any atom is -0.493 e. The molecular weight excluding hydrogens is 723 g/mol. The first-order chi connectivity index (χ1) is 27.7. The Morgan fingerprint density at radius 1 is 0.895 bits per heavy atom. The molecule has 1 amide bonds. The van der Waals surface area contributed by atoms with E-state index in [1.807, 2.05) is 42.5 Å². The molecule has 1 heterocycles. The summed E-state index contributed by atoms with van der Waals surface area (Å²) in [5.74, 6) is 0.584. The van der Waals surface area contributed by atoms with Crippen LogP contribution in [-0.4, -0.2) is 35.8 Å². The maximum atomic E-state index is 13.3. The number of anilines is 1. The van der Waals surface area contributed by atoms with Crippen molar-refractivity contribution >= 4 is 33.7 Å². The number of nitrogens with one attached hydrogen (secondary N) is 1. The van der Waals surface area contributed by atoms with E-state index < -0.39 is 11.8 Å². The van der Waals surface area contributed by atoms with Gasteiger partial charge in [-0.15, -0.1) is 5.11 Å². The second-order valence-electron chi connectivity index (χ2n) is 14.4. The molecule has 12 nitrogen and oxygen atoms in total. The third-order valence-corrected chi connectivity index (χ3v) is 10.1. The van der Waals surface area contributed by atoms with Crippen molar-refractivity contribution in [1.29, 1.82) is 5.26 Å². The maximum Gasteiger partial charge on any atom is 0.271 e. The van der Waals surface area contributed by atoms with Crippen LogP contribution in [0.2, 0.25) is 0 Å². The summed E-state index contributed by atoms with van der Waals surface area (Å²) < 4.78 is 24.3. The van der Waals surface area contributed by atoms with Gasteiger partial charge in [0.1, 0.15) is 24.0 Å². The standard InChI is InChI=1S/C45H59N5O7/c1-6-7-8-9-10-11-12-13-14-15-16-17-18-23-41(51)47-39-28-40(36-21-19-20-22-37(36)43(39)57-31-56-33(3)54-5)55-30-34-24-26-35(27-25-34)48-49-42-32(2)38(29-46)44(52)50(4)45(42)53/h19-22,24-28,33,53H,6-18,23,30-31H2,1-5H3,(H,47,51). The molecule has 0 aliphatic heterocycles. The zero-order valence-corrected chi connectivity index (χ0v) is 34.3. The van der Waals surface area contributed by atoms with Gasteiger partial charge in [-0.1, -0.05) is 120 Å². The topological polar surface area (TPSA) is 157 Å². The van der Waals surface area contributed by atoms with Crippen molar-refractivity contribution < 1.29 is 28.8 Å².